The summed E-state index contributed by atoms with van der Waals surface area (Å²) in [7, 11) is 0. The van der Waals surface area contributed by atoms with Crippen molar-refractivity contribution in [1.82, 2.24) is 0 Å². The average Bonchev–Trinajstić information content (AvgIpc) is 2.32. The van der Waals surface area contributed by atoms with E-state index in [0.29, 0.717) is 12.8 Å². The fourth-order valence-electron chi connectivity index (χ4n) is 1.50. The van der Waals surface area contributed by atoms with Crippen molar-refractivity contribution in [2.75, 3.05) is 0 Å². The molecule has 1 saturated carbocycles. The summed E-state index contributed by atoms with van der Waals surface area (Å²) in [5, 5.41) is 8.72. The minimum Gasteiger partial charge on any atom is -0.298 e. The van der Waals surface area contributed by atoms with Gasteiger partial charge in [-0.15, -0.1) is 0 Å². The first-order chi connectivity index (χ1) is 4.75. The standard InChI is InChI=1S/C8H11NO/c1-2-8(6-9)5-3-4-7(8)10/h2-5H2,1H3. The Morgan fingerprint density at radius 2 is 2.50 bits per heavy atom. The van der Waals surface area contributed by atoms with Crippen LogP contribution >= 0.6 is 0 Å². The average molecular weight is 137 g/mol. The van der Waals surface area contributed by atoms with Gasteiger partial charge in [0.15, 0.2) is 5.78 Å². The molecule has 0 amide bonds. The van der Waals surface area contributed by atoms with Gasteiger partial charge in [-0.25, -0.2) is 0 Å². The lowest BCUT2D eigenvalue weighted by atomic mass is 9.84. The van der Waals surface area contributed by atoms with Crippen LogP contribution < -0.4 is 0 Å². The van der Waals surface area contributed by atoms with E-state index >= 15 is 0 Å². The van der Waals surface area contributed by atoms with Gasteiger partial charge >= 0.3 is 0 Å². The monoisotopic (exact) mass is 137 g/mol. The van der Waals surface area contributed by atoms with Crippen LogP contribution in [-0.4, -0.2) is 5.78 Å². The molecule has 0 spiro atoms. The first kappa shape index (κ1) is 7.27. The van der Waals surface area contributed by atoms with E-state index in [-0.39, 0.29) is 5.78 Å². The van der Waals surface area contributed by atoms with Crippen LogP contribution in [0.2, 0.25) is 0 Å². The smallest absolute Gasteiger partial charge is 0.153 e. The molecule has 10 heavy (non-hydrogen) atoms. The van der Waals surface area contributed by atoms with Crippen molar-refractivity contribution in [3.8, 4) is 6.07 Å². The van der Waals surface area contributed by atoms with Crippen molar-refractivity contribution in [2.45, 2.75) is 32.6 Å². The van der Waals surface area contributed by atoms with Crippen LogP contribution in [0.4, 0.5) is 0 Å². The summed E-state index contributed by atoms with van der Waals surface area (Å²) < 4.78 is 0. The molecule has 0 aliphatic heterocycles. The molecule has 0 heterocycles. The molecule has 0 radical (unpaired) electrons. The Morgan fingerprint density at radius 3 is 2.70 bits per heavy atom. The van der Waals surface area contributed by atoms with E-state index in [2.05, 4.69) is 6.07 Å². The fraction of sp³-hybridized carbons (Fsp3) is 0.750. The summed E-state index contributed by atoms with van der Waals surface area (Å²) in [6.45, 7) is 1.91. The normalized spacial score (nSPS) is 32.2. The van der Waals surface area contributed by atoms with Gasteiger partial charge in [0, 0.05) is 6.42 Å². The van der Waals surface area contributed by atoms with Gasteiger partial charge in [0.2, 0.25) is 0 Å². The van der Waals surface area contributed by atoms with Crippen LogP contribution in [0.3, 0.4) is 0 Å². The van der Waals surface area contributed by atoms with Gasteiger partial charge in [-0.1, -0.05) is 6.92 Å². The highest BCUT2D eigenvalue weighted by atomic mass is 16.1. The number of hydrogen-bond acceptors (Lipinski definition) is 2. The second kappa shape index (κ2) is 2.42. The second-order valence-corrected chi connectivity index (χ2v) is 2.82. The van der Waals surface area contributed by atoms with Gasteiger partial charge in [0.05, 0.1) is 6.07 Å². The third kappa shape index (κ3) is 0.824. The topological polar surface area (TPSA) is 40.9 Å². The van der Waals surface area contributed by atoms with Crippen LogP contribution in [0.1, 0.15) is 32.6 Å². The van der Waals surface area contributed by atoms with E-state index in [9.17, 15) is 4.79 Å². The third-order valence-electron chi connectivity index (χ3n) is 2.36. The van der Waals surface area contributed by atoms with Crippen LogP contribution in [0.5, 0.6) is 0 Å². The van der Waals surface area contributed by atoms with E-state index in [1.54, 1.807) is 0 Å². The van der Waals surface area contributed by atoms with Crippen molar-refractivity contribution in [3.05, 3.63) is 0 Å². The third-order valence-corrected chi connectivity index (χ3v) is 2.36. The molecule has 0 N–H and O–H groups in total. The molecule has 1 unspecified atom stereocenters. The summed E-state index contributed by atoms with van der Waals surface area (Å²) in [5.74, 6) is 0.150. The zero-order valence-electron chi connectivity index (χ0n) is 6.18. The lowest BCUT2D eigenvalue weighted by molar-refractivity contribution is -0.123. The van der Waals surface area contributed by atoms with Gasteiger partial charge in [0.1, 0.15) is 5.41 Å². The van der Waals surface area contributed by atoms with Crippen molar-refractivity contribution < 1.29 is 4.79 Å². The molecular formula is C8H11NO. The van der Waals surface area contributed by atoms with Crippen LogP contribution in [0.15, 0.2) is 0 Å². The zero-order chi connectivity index (χ0) is 7.61. The predicted octanol–water partition coefficient (Wildman–Crippen LogP) is 1.66. The molecule has 0 aromatic heterocycles. The molecule has 1 rings (SSSR count). The van der Waals surface area contributed by atoms with Crippen molar-refractivity contribution in [2.24, 2.45) is 5.41 Å². The lowest BCUT2D eigenvalue weighted by Crippen LogP contribution is -2.21. The van der Waals surface area contributed by atoms with Crippen LogP contribution in [-0.2, 0) is 4.79 Å². The maximum Gasteiger partial charge on any atom is 0.153 e. The van der Waals surface area contributed by atoms with E-state index in [4.69, 9.17) is 5.26 Å². The van der Waals surface area contributed by atoms with Crippen LogP contribution in [0, 0.1) is 16.7 Å². The van der Waals surface area contributed by atoms with Gasteiger partial charge in [-0.2, -0.15) is 5.26 Å². The molecular weight excluding hydrogens is 126 g/mol. The molecule has 0 aromatic carbocycles. The summed E-state index contributed by atoms with van der Waals surface area (Å²) in [5.41, 5.74) is -0.597. The summed E-state index contributed by atoms with van der Waals surface area (Å²) in [6, 6.07) is 2.13. The Balaban J connectivity index is 2.84. The molecule has 1 aliphatic carbocycles. The SMILES string of the molecule is CCC1(C#N)CCCC1=O. The molecule has 0 saturated heterocycles. The number of nitrogens with zero attached hydrogens (tertiary/aromatic N) is 1. The van der Waals surface area contributed by atoms with Gasteiger partial charge < -0.3 is 0 Å². The summed E-state index contributed by atoms with van der Waals surface area (Å²) in [4.78, 5) is 11.1. The Bertz CT molecular complexity index is 192. The number of Topliss-reactive ketones (excluding diaryl/α,β-unsaturated/α-hetero) is 1. The van der Waals surface area contributed by atoms with Crippen molar-refractivity contribution in [3.63, 3.8) is 0 Å². The molecule has 1 atom stereocenters. The van der Waals surface area contributed by atoms with Crippen molar-refractivity contribution in [1.29, 1.82) is 5.26 Å². The number of carbonyl (C=O) groups excluding carboxylic acids is 1. The fourth-order valence-corrected chi connectivity index (χ4v) is 1.50. The molecule has 54 valence electrons. The van der Waals surface area contributed by atoms with Gasteiger partial charge in [0.25, 0.3) is 0 Å². The molecule has 1 fully saturated rings. The van der Waals surface area contributed by atoms with E-state index in [0.717, 1.165) is 12.8 Å². The predicted molar refractivity (Wildman–Crippen MR) is 37.2 cm³/mol. The van der Waals surface area contributed by atoms with Crippen molar-refractivity contribution >= 4 is 5.78 Å². The van der Waals surface area contributed by atoms with E-state index in [1.807, 2.05) is 6.92 Å². The van der Waals surface area contributed by atoms with Crippen LogP contribution in [0.25, 0.3) is 0 Å². The number of hydrogen-bond donors (Lipinski definition) is 0. The first-order valence-corrected chi connectivity index (χ1v) is 3.70. The molecule has 0 aromatic rings. The minimum absolute atomic E-state index is 0.150. The number of ketones is 1. The molecule has 1 aliphatic rings. The minimum atomic E-state index is -0.597. The Kier molecular flexibility index (Phi) is 1.76. The highest BCUT2D eigenvalue weighted by Gasteiger charge is 2.40. The Hall–Kier alpha value is -0.840. The Labute approximate surface area is 60.8 Å². The number of rotatable bonds is 1. The second-order valence-electron chi connectivity index (χ2n) is 2.82. The molecule has 2 heteroatoms. The molecule has 0 bridgehead atoms. The van der Waals surface area contributed by atoms with E-state index in [1.165, 1.54) is 0 Å². The van der Waals surface area contributed by atoms with E-state index < -0.39 is 5.41 Å². The number of nitriles is 1. The maximum atomic E-state index is 11.1. The summed E-state index contributed by atoms with van der Waals surface area (Å²) in [6.07, 6.45) is 2.97. The Morgan fingerprint density at radius 1 is 1.80 bits per heavy atom. The maximum absolute atomic E-state index is 11.1. The largest absolute Gasteiger partial charge is 0.298 e. The lowest BCUT2D eigenvalue weighted by Gasteiger charge is -2.14. The first-order valence-electron chi connectivity index (χ1n) is 3.70. The highest BCUT2D eigenvalue weighted by Crippen LogP contribution is 2.36. The molecule has 2 nitrogen and oxygen atoms in total. The number of carbonyl (C=O) groups is 1. The van der Waals surface area contributed by atoms with Gasteiger partial charge in [-0.05, 0) is 19.3 Å². The van der Waals surface area contributed by atoms with Gasteiger partial charge in [-0.3, -0.25) is 4.79 Å². The highest BCUT2D eigenvalue weighted by molar-refractivity contribution is 5.89. The summed E-state index contributed by atoms with van der Waals surface area (Å²) >= 11 is 0. The zero-order valence-corrected chi connectivity index (χ0v) is 6.18. The quantitative estimate of drug-likeness (QED) is 0.551.